The maximum absolute atomic E-state index is 14.9. The molecule has 1 aliphatic carbocycles. The number of ether oxygens (including phenoxy) is 2. The topological polar surface area (TPSA) is 44.5 Å². The highest BCUT2D eigenvalue weighted by atomic mass is 19.1. The lowest BCUT2D eigenvalue weighted by Gasteiger charge is -2.24. The molecule has 3 rings (SSSR count). The van der Waals surface area contributed by atoms with Crippen LogP contribution in [0.15, 0.2) is 18.2 Å². The molecule has 0 radical (unpaired) electrons. The van der Waals surface area contributed by atoms with Crippen LogP contribution in [-0.2, 0) is 5.67 Å². The fourth-order valence-corrected chi connectivity index (χ4v) is 2.48. The van der Waals surface area contributed by atoms with E-state index in [1.165, 1.54) is 0 Å². The van der Waals surface area contributed by atoms with Gasteiger partial charge in [-0.2, -0.15) is 0 Å². The van der Waals surface area contributed by atoms with E-state index in [1.807, 2.05) is 0 Å². The summed E-state index contributed by atoms with van der Waals surface area (Å²) in [6.07, 6.45) is 2.69. The van der Waals surface area contributed by atoms with Crippen LogP contribution in [0.5, 0.6) is 11.5 Å². The van der Waals surface area contributed by atoms with Crippen LogP contribution in [-0.4, -0.2) is 19.8 Å². The summed E-state index contributed by atoms with van der Waals surface area (Å²) >= 11 is 0. The summed E-state index contributed by atoms with van der Waals surface area (Å²) in [5, 5.41) is 0. The van der Waals surface area contributed by atoms with Gasteiger partial charge < -0.3 is 15.2 Å². The van der Waals surface area contributed by atoms with Crippen molar-refractivity contribution in [3.05, 3.63) is 23.8 Å². The minimum atomic E-state index is -1.41. The molecule has 1 aliphatic heterocycles. The molecule has 4 heteroatoms. The van der Waals surface area contributed by atoms with Crippen molar-refractivity contribution in [2.24, 2.45) is 11.7 Å². The zero-order valence-corrected chi connectivity index (χ0v) is 10.3. The van der Waals surface area contributed by atoms with E-state index in [4.69, 9.17) is 15.2 Å². The number of halogens is 1. The Morgan fingerprint density at radius 2 is 1.94 bits per heavy atom. The fraction of sp³-hybridized carbons (Fsp3) is 0.571. The van der Waals surface area contributed by atoms with Crippen molar-refractivity contribution in [1.29, 1.82) is 0 Å². The number of hydrogen-bond acceptors (Lipinski definition) is 3. The molecule has 0 bridgehead atoms. The molecule has 1 atom stereocenters. The zero-order valence-electron chi connectivity index (χ0n) is 10.3. The summed E-state index contributed by atoms with van der Waals surface area (Å²) in [5.41, 5.74) is 4.85. The van der Waals surface area contributed by atoms with Crippen molar-refractivity contribution in [3.8, 4) is 11.5 Å². The standard InChI is InChI=1S/C14H18FNO2/c15-14(9-16,10-2-3-10)11-4-5-12-13(8-11)18-7-1-6-17-12/h4-5,8,10H,1-3,6-7,9,16H2. The first-order valence-corrected chi connectivity index (χ1v) is 6.53. The van der Waals surface area contributed by atoms with Crippen LogP contribution in [0.1, 0.15) is 24.8 Å². The minimum absolute atomic E-state index is 0.0251. The van der Waals surface area contributed by atoms with Gasteiger partial charge in [-0.05, 0) is 36.5 Å². The van der Waals surface area contributed by atoms with Crippen LogP contribution >= 0.6 is 0 Å². The summed E-state index contributed by atoms with van der Waals surface area (Å²) in [5.74, 6) is 1.40. The number of nitrogens with two attached hydrogens (primary N) is 1. The monoisotopic (exact) mass is 251 g/mol. The van der Waals surface area contributed by atoms with E-state index in [1.54, 1.807) is 18.2 Å². The zero-order chi connectivity index (χ0) is 12.6. The van der Waals surface area contributed by atoms with Gasteiger partial charge in [-0.1, -0.05) is 6.07 Å². The molecule has 0 amide bonds. The molecule has 1 aromatic carbocycles. The maximum Gasteiger partial charge on any atom is 0.161 e. The van der Waals surface area contributed by atoms with Crippen molar-refractivity contribution in [2.45, 2.75) is 24.9 Å². The highest BCUT2D eigenvalue weighted by Crippen LogP contribution is 2.49. The van der Waals surface area contributed by atoms with E-state index in [9.17, 15) is 4.39 Å². The molecule has 2 N–H and O–H groups in total. The van der Waals surface area contributed by atoms with Gasteiger partial charge in [-0.3, -0.25) is 0 Å². The lowest BCUT2D eigenvalue weighted by molar-refractivity contribution is 0.142. The van der Waals surface area contributed by atoms with Gasteiger partial charge in [0.05, 0.1) is 13.2 Å². The van der Waals surface area contributed by atoms with E-state index < -0.39 is 5.67 Å². The summed E-state index contributed by atoms with van der Waals surface area (Å²) in [6, 6.07) is 5.33. The fourth-order valence-electron chi connectivity index (χ4n) is 2.48. The molecule has 0 aromatic heterocycles. The summed E-state index contributed by atoms with van der Waals surface area (Å²) in [6.45, 7) is 1.28. The Morgan fingerprint density at radius 3 is 2.61 bits per heavy atom. The predicted molar refractivity (Wildman–Crippen MR) is 66.6 cm³/mol. The summed E-state index contributed by atoms with van der Waals surface area (Å²) in [7, 11) is 0. The third-order valence-corrected chi connectivity index (χ3v) is 3.75. The lowest BCUT2D eigenvalue weighted by Crippen LogP contribution is -2.32. The van der Waals surface area contributed by atoms with Gasteiger partial charge in [-0.25, -0.2) is 4.39 Å². The van der Waals surface area contributed by atoms with E-state index in [2.05, 4.69) is 0 Å². The Balaban J connectivity index is 1.95. The van der Waals surface area contributed by atoms with Crippen LogP contribution in [0.25, 0.3) is 0 Å². The summed E-state index contributed by atoms with van der Waals surface area (Å²) in [4.78, 5) is 0. The maximum atomic E-state index is 14.9. The van der Waals surface area contributed by atoms with E-state index >= 15 is 0 Å². The van der Waals surface area contributed by atoms with Gasteiger partial charge in [0.2, 0.25) is 0 Å². The molecule has 1 heterocycles. The molecule has 2 aliphatic rings. The van der Waals surface area contributed by atoms with Crippen LogP contribution in [0.2, 0.25) is 0 Å². The molecule has 1 saturated carbocycles. The highest BCUT2D eigenvalue weighted by Gasteiger charge is 2.46. The largest absolute Gasteiger partial charge is 0.490 e. The van der Waals surface area contributed by atoms with Gasteiger partial charge in [0.25, 0.3) is 0 Å². The Bertz CT molecular complexity index is 447. The number of fused-ring (bicyclic) bond motifs is 1. The molecule has 18 heavy (non-hydrogen) atoms. The molecule has 1 fully saturated rings. The average molecular weight is 251 g/mol. The van der Waals surface area contributed by atoms with Crippen molar-refractivity contribution < 1.29 is 13.9 Å². The normalized spacial score (nSPS) is 22.1. The second kappa shape index (κ2) is 4.43. The molecule has 1 aromatic rings. The SMILES string of the molecule is NCC(F)(c1ccc2c(c1)OCCCO2)C1CC1. The molecule has 98 valence electrons. The van der Waals surface area contributed by atoms with Gasteiger partial charge in [0, 0.05) is 13.0 Å². The van der Waals surface area contributed by atoms with E-state index in [0.717, 1.165) is 19.3 Å². The first-order chi connectivity index (χ1) is 8.74. The molecule has 1 unspecified atom stereocenters. The molecule has 3 nitrogen and oxygen atoms in total. The third-order valence-electron chi connectivity index (χ3n) is 3.75. The number of rotatable bonds is 3. The van der Waals surface area contributed by atoms with Crippen LogP contribution in [0.3, 0.4) is 0 Å². The first-order valence-electron chi connectivity index (χ1n) is 6.53. The van der Waals surface area contributed by atoms with E-state index in [-0.39, 0.29) is 12.5 Å². The van der Waals surface area contributed by atoms with Gasteiger partial charge in [0.1, 0.15) is 0 Å². The Morgan fingerprint density at radius 1 is 1.22 bits per heavy atom. The van der Waals surface area contributed by atoms with Gasteiger partial charge >= 0.3 is 0 Å². The minimum Gasteiger partial charge on any atom is -0.490 e. The second-order valence-electron chi connectivity index (χ2n) is 5.05. The van der Waals surface area contributed by atoms with Gasteiger partial charge in [-0.15, -0.1) is 0 Å². The smallest absolute Gasteiger partial charge is 0.161 e. The van der Waals surface area contributed by atoms with Crippen molar-refractivity contribution in [1.82, 2.24) is 0 Å². The molecular weight excluding hydrogens is 233 g/mol. The molecule has 0 spiro atoms. The van der Waals surface area contributed by atoms with Gasteiger partial charge in [0.15, 0.2) is 17.2 Å². The predicted octanol–water partition coefficient (Wildman–Crippen LogP) is 2.38. The average Bonchev–Trinajstić information content (AvgIpc) is 3.23. The molecule has 0 saturated heterocycles. The second-order valence-corrected chi connectivity index (χ2v) is 5.05. The number of hydrogen-bond donors (Lipinski definition) is 1. The van der Waals surface area contributed by atoms with Crippen LogP contribution in [0, 0.1) is 5.92 Å². The Labute approximate surface area is 106 Å². The Hall–Kier alpha value is -1.29. The van der Waals surface area contributed by atoms with Crippen molar-refractivity contribution in [3.63, 3.8) is 0 Å². The van der Waals surface area contributed by atoms with Crippen molar-refractivity contribution >= 4 is 0 Å². The first kappa shape index (κ1) is 11.8. The number of alkyl halides is 1. The number of benzene rings is 1. The third kappa shape index (κ3) is 1.94. The highest BCUT2D eigenvalue weighted by molar-refractivity contribution is 5.45. The quantitative estimate of drug-likeness (QED) is 0.897. The lowest BCUT2D eigenvalue weighted by atomic mass is 9.90. The van der Waals surface area contributed by atoms with Crippen LogP contribution in [0.4, 0.5) is 4.39 Å². The summed E-state index contributed by atoms with van der Waals surface area (Å²) < 4.78 is 26.0. The Kier molecular flexibility index (Phi) is 2.90. The van der Waals surface area contributed by atoms with Crippen molar-refractivity contribution in [2.75, 3.05) is 19.8 Å². The van der Waals surface area contributed by atoms with E-state index in [0.29, 0.717) is 30.3 Å². The molecular formula is C14H18FNO2. The van der Waals surface area contributed by atoms with Crippen LogP contribution < -0.4 is 15.2 Å².